The number of para-hydroxylation sites is 1. The molecule has 6 heteroatoms. The molecule has 3 heterocycles. The van der Waals surface area contributed by atoms with Gasteiger partial charge in [-0.25, -0.2) is 4.98 Å². The summed E-state index contributed by atoms with van der Waals surface area (Å²) in [5.41, 5.74) is 0.879. The van der Waals surface area contributed by atoms with Crippen LogP contribution in [0.1, 0.15) is 19.3 Å². The summed E-state index contributed by atoms with van der Waals surface area (Å²) >= 11 is 0. The van der Waals surface area contributed by atoms with Gasteiger partial charge in [0.05, 0.1) is 0 Å². The summed E-state index contributed by atoms with van der Waals surface area (Å²) in [5, 5.41) is 2.99. The lowest BCUT2D eigenvalue weighted by molar-refractivity contribution is -0.116. The Hall–Kier alpha value is -2.44. The molecule has 160 valence electrons. The predicted molar refractivity (Wildman–Crippen MR) is 122 cm³/mol. The van der Waals surface area contributed by atoms with Gasteiger partial charge in [-0.1, -0.05) is 24.3 Å². The van der Waals surface area contributed by atoms with Gasteiger partial charge < -0.3 is 15.1 Å². The highest BCUT2D eigenvalue weighted by atomic mass is 16.1. The minimum Gasteiger partial charge on any atom is -0.354 e. The number of hydrogen-bond acceptors (Lipinski definition) is 5. The zero-order valence-corrected chi connectivity index (χ0v) is 17.7. The van der Waals surface area contributed by atoms with Gasteiger partial charge in [-0.3, -0.25) is 9.69 Å². The van der Waals surface area contributed by atoms with E-state index >= 15 is 0 Å². The van der Waals surface area contributed by atoms with Crippen LogP contribution >= 0.6 is 0 Å². The molecule has 2 aromatic rings. The number of pyridine rings is 1. The molecule has 0 bridgehead atoms. The highest BCUT2D eigenvalue weighted by Crippen LogP contribution is 2.20. The molecule has 4 rings (SSSR count). The Bertz CT molecular complexity index is 777. The molecule has 1 aromatic carbocycles. The van der Waals surface area contributed by atoms with Crippen LogP contribution in [0.3, 0.4) is 0 Å². The molecule has 2 fully saturated rings. The summed E-state index contributed by atoms with van der Waals surface area (Å²) in [7, 11) is 0. The van der Waals surface area contributed by atoms with E-state index in [1.807, 2.05) is 42.6 Å². The molecule has 0 radical (unpaired) electrons. The first-order valence-electron chi connectivity index (χ1n) is 11.2. The summed E-state index contributed by atoms with van der Waals surface area (Å²) in [6.07, 6.45) is 4.97. The summed E-state index contributed by atoms with van der Waals surface area (Å²) in [6, 6.07) is 15.8. The van der Waals surface area contributed by atoms with E-state index in [2.05, 4.69) is 37.1 Å². The maximum Gasteiger partial charge on any atom is 0.225 e. The van der Waals surface area contributed by atoms with Crippen LogP contribution < -0.4 is 10.2 Å². The van der Waals surface area contributed by atoms with Crippen molar-refractivity contribution in [3.63, 3.8) is 0 Å². The highest BCUT2D eigenvalue weighted by Gasteiger charge is 2.25. The average Bonchev–Trinajstić information content (AvgIpc) is 2.80. The Morgan fingerprint density at radius 1 is 0.967 bits per heavy atom. The number of carbonyl (C=O) groups is 1. The molecule has 1 amide bonds. The second-order valence-corrected chi connectivity index (χ2v) is 8.45. The largest absolute Gasteiger partial charge is 0.354 e. The van der Waals surface area contributed by atoms with Crippen molar-refractivity contribution in [2.45, 2.75) is 19.3 Å². The first-order chi connectivity index (χ1) is 14.8. The molecule has 1 atom stereocenters. The zero-order valence-electron chi connectivity index (χ0n) is 17.7. The molecule has 1 aromatic heterocycles. The van der Waals surface area contributed by atoms with Crippen molar-refractivity contribution in [3.05, 3.63) is 54.7 Å². The van der Waals surface area contributed by atoms with Crippen molar-refractivity contribution >= 4 is 17.4 Å². The number of rotatable bonds is 7. The molecule has 2 aliphatic rings. The first-order valence-corrected chi connectivity index (χ1v) is 11.2. The predicted octanol–water partition coefficient (Wildman–Crippen LogP) is 2.94. The van der Waals surface area contributed by atoms with Crippen molar-refractivity contribution in [1.82, 2.24) is 14.8 Å². The molecule has 30 heavy (non-hydrogen) atoms. The number of nitrogens with one attached hydrogen (secondary N) is 1. The fourth-order valence-corrected chi connectivity index (χ4v) is 4.57. The van der Waals surface area contributed by atoms with Crippen molar-refractivity contribution < 1.29 is 4.79 Å². The summed E-state index contributed by atoms with van der Waals surface area (Å²) in [4.78, 5) is 24.2. The standard InChI is InChI=1S/C24H33N5O/c30-24(26-22-8-2-1-3-9-22)11-14-27-13-6-7-21(19-27)20-28-15-17-29(18-16-28)23-10-4-5-12-25-23/h1-5,8-10,12,21H,6-7,11,13-20H2,(H,26,30). The van der Waals surface area contributed by atoms with E-state index in [-0.39, 0.29) is 5.91 Å². The van der Waals surface area contributed by atoms with Gasteiger partial charge in [0.1, 0.15) is 5.82 Å². The molecule has 6 nitrogen and oxygen atoms in total. The van der Waals surface area contributed by atoms with E-state index in [1.54, 1.807) is 0 Å². The number of likely N-dealkylation sites (tertiary alicyclic amines) is 1. The Morgan fingerprint density at radius 2 is 1.77 bits per heavy atom. The smallest absolute Gasteiger partial charge is 0.225 e. The summed E-state index contributed by atoms with van der Waals surface area (Å²) < 4.78 is 0. The van der Waals surface area contributed by atoms with Crippen molar-refractivity contribution in [2.24, 2.45) is 5.92 Å². The Labute approximate surface area is 179 Å². The number of benzene rings is 1. The molecule has 2 aliphatic heterocycles. The van der Waals surface area contributed by atoms with Crippen LogP contribution in [0, 0.1) is 5.92 Å². The van der Waals surface area contributed by atoms with Crippen LogP contribution in [0.2, 0.25) is 0 Å². The first kappa shape index (κ1) is 20.8. The maximum atomic E-state index is 12.2. The van der Waals surface area contributed by atoms with Gasteiger partial charge in [0.25, 0.3) is 0 Å². The Balaban J connectivity index is 1.17. The lowest BCUT2D eigenvalue weighted by Crippen LogP contribution is -2.50. The van der Waals surface area contributed by atoms with Gasteiger partial charge in [-0.15, -0.1) is 0 Å². The second kappa shape index (κ2) is 10.5. The van der Waals surface area contributed by atoms with Crippen LogP contribution in [-0.4, -0.2) is 73.0 Å². The van der Waals surface area contributed by atoms with E-state index in [4.69, 9.17) is 0 Å². The Morgan fingerprint density at radius 3 is 2.53 bits per heavy atom. The number of aromatic nitrogens is 1. The SMILES string of the molecule is O=C(CCN1CCCC(CN2CCN(c3ccccn3)CC2)C1)Nc1ccccc1. The van der Waals surface area contributed by atoms with Crippen molar-refractivity contribution in [2.75, 3.05) is 62.6 Å². The van der Waals surface area contributed by atoms with Crippen LogP contribution in [0.4, 0.5) is 11.5 Å². The van der Waals surface area contributed by atoms with E-state index in [1.165, 1.54) is 19.4 Å². The lowest BCUT2D eigenvalue weighted by atomic mass is 9.97. The van der Waals surface area contributed by atoms with E-state index in [0.717, 1.165) is 57.3 Å². The fourth-order valence-electron chi connectivity index (χ4n) is 4.57. The number of piperidine rings is 1. The quantitative estimate of drug-likeness (QED) is 0.765. The third kappa shape index (κ3) is 6.03. The second-order valence-electron chi connectivity index (χ2n) is 8.45. The maximum absolute atomic E-state index is 12.2. The molecule has 2 saturated heterocycles. The molecular formula is C24H33N5O. The van der Waals surface area contributed by atoms with Gasteiger partial charge in [-0.05, 0) is 49.6 Å². The van der Waals surface area contributed by atoms with E-state index in [9.17, 15) is 4.79 Å². The molecule has 0 aliphatic carbocycles. The summed E-state index contributed by atoms with van der Waals surface area (Å²) in [5.74, 6) is 1.90. The number of nitrogens with zero attached hydrogens (tertiary/aromatic N) is 4. The van der Waals surface area contributed by atoms with Crippen LogP contribution in [0.15, 0.2) is 54.7 Å². The monoisotopic (exact) mass is 407 g/mol. The Kier molecular flexibility index (Phi) is 7.32. The van der Waals surface area contributed by atoms with Crippen LogP contribution in [0.5, 0.6) is 0 Å². The topological polar surface area (TPSA) is 51.7 Å². The zero-order chi connectivity index (χ0) is 20.6. The number of hydrogen-bond donors (Lipinski definition) is 1. The molecular weight excluding hydrogens is 374 g/mol. The number of amides is 1. The van der Waals surface area contributed by atoms with Gasteiger partial charge in [0, 0.05) is 64.1 Å². The van der Waals surface area contributed by atoms with E-state index in [0.29, 0.717) is 12.3 Å². The minimum atomic E-state index is 0.106. The van der Waals surface area contributed by atoms with Crippen molar-refractivity contribution in [3.8, 4) is 0 Å². The summed E-state index contributed by atoms with van der Waals surface area (Å²) in [6.45, 7) is 8.55. The van der Waals surface area contributed by atoms with Gasteiger partial charge in [-0.2, -0.15) is 0 Å². The lowest BCUT2D eigenvalue weighted by Gasteiger charge is -2.39. The van der Waals surface area contributed by atoms with Crippen molar-refractivity contribution in [1.29, 1.82) is 0 Å². The number of anilines is 2. The third-order valence-corrected chi connectivity index (χ3v) is 6.18. The van der Waals surface area contributed by atoms with Gasteiger partial charge >= 0.3 is 0 Å². The fraction of sp³-hybridized carbons (Fsp3) is 0.500. The van der Waals surface area contributed by atoms with E-state index < -0.39 is 0 Å². The molecule has 0 spiro atoms. The van der Waals surface area contributed by atoms with Gasteiger partial charge in [0.15, 0.2) is 0 Å². The molecule has 1 unspecified atom stereocenters. The normalized spacial score (nSPS) is 20.8. The number of piperazine rings is 1. The molecule has 0 saturated carbocycles. The van der Waals surface area contributed by atoms with Gasteiger partial charge in [0.2, 0.25) is 5.91 Å². The minimum absolute atomic E-state index is 0.106. The third-order valence-electron chi connectivity index (χ3n) is 6.18. The van der Waals surface area contributed by atoms with Crippen LogP contribution in [0.25, 0.3) is 0 Å². The average molecular weight is 408 g/mol. The van der Waals surface area contributed by atoms with Crippen LogP contribution in [-0.2, 0) is 4.79 Å². The highest BCUT2D eigenvalue weighted by molar-refractivity contribution is 5.90. The molecule has 1 N–H and O–H groups in total. The number of carbonyl (C=O) groups excluding carboxylic acids is 1.